The highest BCUT2D eigenvalue weighted by Gasteiger charge is 2.40. The molecule has 0 amide bonds. The molecular weight excluding hydrogens is 220 g/mol. The lowest BCUT2D eigenvalue weighted by molar-refractivity contribution is -0.146. The van der Waals surface area contributed by atoms with Crippen molar-refractivity contribution in [2.75, 3.05) is 32.8 Å². The van der Waals surface area contributed by atoms with E-state index in [4.69, 9.17) is 10.3 Å². The zero-order valence-corrected chi connectivity index (χ0v) is 10.1. The van der Waals surface area contributed by atoms with Crippen molar-refractivity contribution in [2.45, 2.75) is 37.4 Å². The molecule has 0 aromatic carbocycles. The summed E-state index contributed by atoms with van der Waals surface area (Å²) in [6.07, 6.45) is 3.39. The summed E-state index contributed by atoms with van der Waals surface area (Å²) in [5, 5.41) is 13.3. The molecule has 2 aliphatic rings. The van der Waals surface area contributed by atoms with Crippen molar-refractivity contribution in [2.24, 2.45) is 5.11 Å². The molecule has 6 heteroatoms. The van der Waals surface area contributed by atoms with Crippen LogP contribution < -0.4 is 0 Å². The maximum absolute atomic E-state index is 9.76. The lowest BCUT2D eigenvalue weighted by atomic mass is 9.84. The number of aliphatic hydroxyl groups excluding tert-OH is 1. The normalized spacial score (nSPS) is 34.5. The minimum Gasteiger partial charge on any atom is -0.393 e. The van der Waals surface area contributed by atoms with E-state index in [2.05, 4.69) is 14.9 Å². The molecule has 1 N–H and O–H groups in total. The van der Waals surface area contributed by atoms with E-state index >= 15 is 0 Å². The van der Waals surface area contributed by atoms with Crippen LogP contribution >= 0.6 is 0 Å². The number of aliphatic hydroxyl groups is 1. The van der Waals surface area contributed by atoms with Gasteiger partial charge in [0, 0.05) is 37.6 Å². The van der Waals surface area contributed by atoms with Crippen molar-refractivity contribution in [3.63, 3.8) is 0 Å². The second-order valence-corrected chi connectivity index (χ2v) is 5.01. The summed E-state index contributed by atoms with van der Waals surface area (Å²) < 4.78 is 5.91. The summed E-state index contributed by atoms with van der Waals surface area (Å²) in [6.45, 7) is 3.83. The topological polar surface area (TPSA) is 81.5 Å². The van der Waals surface area contributed by atoms with Gasteiger partial charge in [0.05, 0.1) is 11.7 Å². The van der Waals surface area contributed by atoms with Crippen LogP contribution in [0.2, 0.25) is 0 Å². The fourth-order valence-corrected chi connectivity index (χ4v) is 2.90. The van der Waals surface area contributed by atoms with Gasteiger partial charge in [0.15, 0.2) is 0 Å². The van der Waals surface area contributed by atoms with Crippen molar-refractivity contribution in [1.29, 1.82) is 0 Å². The smallest absolute Gasteiger partial charge is 0.0833 e. The average molecular weight is 240 g/mol. The van der Waals surface area contributed by atoms with E-state index in [-0.39, 0.29) is 11.7 Å². The maximum Gasteiger partial charge on any atom is 0.0833 e. The van der Waals surface area contributed by atoms with Crippen molar-refractivity contribution in [3.8, 4) is 0 Å². The first-order valence-corrected chi connectivity index (χ1v) is 6.29. The predicted octanol–water partition coefficient (Wildman–Crippen LogP) is 1.30. The monoisotopic (exact) mass is 240 g/mol. The van der Waals surface area contributed by atoms with Gasteiger partial charge in [0.1, 0.15) is 0 Å². The molecule has 0 bridgehead atoms. The molecule has 0 saturated carbocycles. The lowest BCUT2D eigenvalue weighted by Crippen LogP contribution is -2.54. The first-order valence-electron chi connectivity index (χ1n) is 6.29. The van der Waals surface area contributed by atoms with Crippen LogP contribution in [-0.2, 0) is 4.74 Å². The Morgan fingerprint density at radius 1 is 1.59 bits per heavy atom. The van der Waals surface area contributed by atoms with Gasteiger partial charge in [0.25, 0.3) is 0 Å². The van der Waals surface area contributed by atoms with Gasteiger partial charge in [-0.2, -0.15) is 0 Å². The first-order chi connectivity index (χ1) is 8.24. The standard InChI is InChI=1S/C11H20N4O2/c12-14-13-4-6-15-5-1-3-11(9-15)8-10(16)2-7-17-11/h10,16H,1-9H2/t10-,11-/m1/s1. The van der Waals surface area contributed by atoms with Crippen LogP contribution in [0, 0.1) is 0 Å². The van der Waals surface area contributed by atoms with E-state index < -0.39 is 0 Å². The minimum absolute atomic E-state index is 0.160. The Hall–Kier alpha value is -0.810. The molecule has 17 heavy (non-hydrogen) atoms. The van der Waals surface area contributed by atoms with Gasteiger partial charge in [-0.3, -0.25) is 0 Å². The SMILES string of the molecule is [N-]=[N+]=NCCN1CCC[C@@]2(C[C@H](O)CCO2)C1. The number of likely N-dealkylation sites (tertiary alicyclic amines) is 1. The fourth-order valence-electron chi connectivity index (χ4n) is 2.90. The molecule has 2 fully saturated rings. The minimum atomic E-state index is -0.221. The quantitative estimate of drug-likeness (QED) is 0.458. The molecule has 0 aromatic rings. The van der Waals surface area contributed by atoms with Crippen LogP contribution in [-0.4, -0.2) is 54.5 Å². The number of rotatable bonds is 3. The van der Waals surface area contributed by atoms with E-state index in [1.54, 1.807) is 0 Å². The van der Waals surface area contributed by atoms with Crippen molar-refractivity contribution >= 4 is 0 Å². The van der Waals surface area contributed by atoms with Crippen LogP contribution in [0.4, 0.5) is 0 Å². The number of hydrogen-bond acceptors (Lipinski definition) is 4. The Balaban J connectivity index is 1.89. The van der Waals surface area contributed by atoms with E-state index in [1.807, 2.05) is 0 Å². The molecule has 2 aliphatic heterocycles. The van der Waals surface area contributed by atoms with Gasteiger partial charge in [-0.15, -0.1) is 0 Å². The van der Waals surface area contributed by atoms with E-state index in [9.17, 15) is 5.11 Å². The van der Waals surface area contributed by atoms with Gasteiger partial charge in [0.2, 0.25) is 0 Å². The van der Waals surface area contributed by atoms with Gasteiger partial charge >= 0.3 is 0 Å². The van der Waals surface area contributed by atoms with E-state index in [0.29, 0.717) is 13.2 Å². The van der Waals surface area contributed by atoms with Gasteiger partial charge in [-0.25, -0.2) is 0 Å². The highest BCUT2D eigenvalue weighted by atomic mass is 16.5. The molecular formula is C11H20N4O2. The lowest BCUT2D eigenvalue weighted by Gasteiger charge is -2.46. The summed E-state index contributed by atoms with van der Waals surface area (Å²) in [5.41, 5.74) is 8.09. The summed E-state index contributed by atoms with van der Waals surface area (Å²) in [4.78, 5) is 5.04. The summed E-state index contributed by atoms with van der Waals surface area (Å²) in [5.74, 6) is 0. The third kappa shape index (κ3) is 3.33. The Labute approximate surface area is 101 Å². The molecule has 1 spiro atoms. The van der Waals surface area contributed by atoms with Crippen LogP contribution in [0.25, 0.3) is 10.4 Å². The van der Waals surface area contributed by atoms with Crippen molar-refractivity contribution in [1.82, 2.24) is 4.90 Å². The molecule has 2 heterocycles. The first kappa shape index (κ1) is 12.6. The Bertz CT molecular complexity index is 302. The molecule has 0 unspecified atom stereocenters. The average Bonchev–Trinajstić information content (AvgIpc) is 2.29. The second kappa shape index (κ2) is 5.69. The molecule has 96 valence electrons. The molecule has 6 nitrogen and oxygen atoms in total. The highest BCUT2D eigenvalue weighted by molar-refractivity contribution is 4.93. The van der Waals surface area contributed by atoms with Crippen molar-refractivity contribution in [3.05, 3.63) is 10.4 Å². The predicted molar refractivity (Wildman–Crippen MR) is 63.6 cm³/mol. The zero-order chi connectivity index (χ0) is 12.1. The summed E-state index contributed by atoms with van der Waals surface area (Å²) in [6, 6.07) is 0. The largest absolute Gasteiger partial charge is 0.393 e. The van der Waals surface area contributed by atoms with Crippen LogP contribution in [0.3, 0.4) is 0 Å². The number of ether oxygens (including phenoxy) is 1. The fraction of sp³-hybridized carbons (Fsp3) is 1.00. The van der Waals surface area contributed by atoms with Crippen LogP contribution in [0.15, 0.2) is 5.11 Å². The van der Waals surface area contributed by atoms with Crippen LogP contribution in [0.5, 0.6) is 0 Å². The highest BCUT2D eigenvalue weighted by Crippen LogP contribution is 2.33. The Morgan fingerprint density at radius 2 is 2.47 bits per heavy atom. The Morgan fingerprint density at radius 3 is 3.24 bits per heavy atom. The number of hydrogen-bond donors (Lipinski definition) is 1. The third-order valence-corrected chi connectivity index (χ3v) is 3.66. The Kier molecular flexibility index (Phi) is 4.23. The third-order valence-electron chi connectivity index (χ3n) is 3.66. The molecule has 2 rings (SSSR count). The summed E-state index contributed by atoms with van der Waals surface area (Å²) in [7, 11) is 0. The zero-order valence-electron chi connectivity index (χ0n) is 10.1. The molecule has 0 radical (unpaired) electrons. The number of nitrogens with zero attached hydrogens (tertiary/aromatic N) is 4. The number of azide groups is 1. The van der Waals surface area contributed by atoms with E-state index in [0.717, 1.165) is 45.3 Å². The molecule has 0 aliphatic carbocycles. The van der Waals surface area contributed by atoms with Crippen LogP contribution in [0.1, 0.15) is 25.7 Å². The maximum atomic E-state index is 9.76. The molecule has 0 aromatic heterocycles. The second-order valence-electron chi connectivity index (χ2n) is 5.01. The van der Waals surface area contributed by atoms with Gasteiger partial charge < -0.3 is 14.7 Å². The van der Waals surface area contributed by atoms with E-state index in [1.165, 1.54) is 0 Å². The molecule has 2 saturated heterocycles. The molecule has 2 atom stereocenters. The van der Waals surface area contributed by atoms with Gasteiger partial charge in [-0.1, -0.05) is 5.11 Å². The van der Waals surface area contributed by atoms with Crippen molar-refractivity contribution < 1.29 is 9.84 Å². The number of piperidine rings is 1. The van der Waals surface area contributed by atoms with Gasteiger partial charge in [-0.05, 0) is 31.3 Å². The summed E-state index contributed by atoms with van der Waals surface area (Å²) >= 11 is 0.